The van der Waals surface area contributed by atoms with E-state index in [-0.39, 0.29) is 11.4 Å². The molecule has 32 heavy (non-hydrogen) atoms. The first-order valence-electron chi connectivity index (χ1n) is 10.4. The number of rotatable bonds is 4. The Hall–Kier alpha value is -3.04. The Balaban J connectivity index is 1.61. The van der Waals surface area contributed by atoms with Gasteiger partial charge in [0.05, 0.1) is 17.2 Å². The first-order valence-corrected chi connectivity index (χ1v) is 10.4. The van der Waals surface area contributed by atoms with Crippen LogP contribution < -0.4 is 16.3 Å². The number of H-pyrrole nitrogens is 1. The van der Waals surface area contributed by atoms with Crippen LogP contribution in [0, 0.1) is 5.82 Å². The molecule has 1 aromatic carbocycles. The van der Waals surface area contributed by atoms with Crippen LogP contribution in [0.1, 0.15) is 56.6 Å². The summed E-state index contributed by atoms with van der Waals surface area (Å²) in [6, 6.07) is 8.71. The number of fused-ring (bicyclic) bond motifs is 1. The summed E-state index contributed by atoms with van der Waals surface area (Å²) in [6.07, 6.45) is 1.59. The van der Waals surface area contributed by atoms with E-state index in [1.807, 2.05) is 27.7 Å². The minimum absolute atomic E-state index is 0.0423. The van der Waals surface area contributed by atoms with Crippen molar-refractivity contribution in [2.24, 2.45) is 0 Å². The quantitative estimate of drug-likeness (QED) is 0.613. The molecule has 2 N–H and O–H groups in total. The normalized spacial score (nSPS) is 18.0. The summed E-state index contributed by atoms with van der Waals surface area (Å²) in [5, 5.41) is 3.36. The maximum absolute atomic E-state index is 13.2. The van der Waals surface area contributed by atoms with Crippen LogP contribution in [-0.4, -0.2) is 34.2 Å². The zero-order chi connectivity index (χ0) is 23.3. The van der Waals surface area contributed by atoms with E-state index in [4.69, 9.17) is 9.31 Å². The van der Waals surface area contributed by atoms with Crippen LogP contribution in [0.3, 0.4) is 0 Å². The smallest absolute Gasteiger partial charge is 0.399 e. The highest BCUT2D eigenvalue weighted by atomic mass is 19.1. The number of nitrogens with zero attached hydrogens (tertiary/aromatic N) is 1. The van der Waals surface area contributed by atoms with Gasteiger partial charge >= 0.3 is 7.12 Å². The monoisotopic (exact) mass is 437 g/mol. The van der Waals surface area contributed by atoms with Gasteiger partial charge in [0, 0.05) is 17.0 Å². The average molecular weight is 437 g/mol. The van der Waals surface area contributed by atoms with E-state index in [9.17, 15) is 14.0 Å². The first-order chi connectivity index (χ1) is 15.0. The Morgan fingerprint density at radius 1 is 1.12 bits per heavy atom. The van der Waals surface area contributed by atoms with Gasteiger partial charge in [-0.25, -0.2) is 9.37 Å². The molecule has 3 heterocycles. The summed E-state index contributed by atoms with van der Waals surface area (Å²) in [7, 11) is -0.611. The van der Waals surface area contributed by atoms with Crippen molar-refractivity contribution in [3.05, 3.63) is 69.9 Å². The molecule has 1 unspecified atom stereocenters. The summed E-state index contributed by atoms with van der Waals surface area (Å²) >= 11 is 0. The van der Waals surface area contributed by atoms with Gasteiger partial charge in [-0.05, 0) is 64.4 Å². The molecular formula is C23H25BFN3O4. The fourth-order valence-corrected chi connectivity index (χ4v) is 3.50. The second-order valence-corrected chi connectivity index (χ2v) is 9.05. The molecular weight excluding hydrogens is 412 g/mol. The van der Waals surface area contributed by atoms with E-state index in [1.54, 1.807) is 31.3 Å². The zero-order valence-electron chi connectivity index (χ0n) is 18.7. The largest absolute Gasteiger partial charge is 0.496 e. The number of hydrogen-bond donors (Lipinski definition) is 2. The summed E-state index contributed by atoms with van der Waals surface area (Å²) in [5.41, 5.74) is 0.184. The molecule has 1 aliphatic rings. The van der Waals surface area contributed by atoms with E-state index in [2.05, 4.69) is 15.3 Å². The van der Waals surface area contributed by atoms with Crippen LogP contribution in [0.5, 0.6) is 0 Å². The van der Waals surface area contributed by atoms with Crippen molar-refractivity contribution in [3.63, 3.8) is 0 Å². The van der Waals surface area contributed by atoms with Crippen molar-refractivity contribution >= 4 is 29.5 Å². The van der Waals surface area contributed by atoms with E-state index in [0.29, 0.717) is 16.5 Å². The molecule has 0 radical (unpaired) electrons. The number of benzene rings is 1. The Morgan fingerprint density at radius 2 is 1.75 bits per heavy atom. The van der Waals surface area contributed by atoms with E-state index in [1.165, 1.54) is 18.2 Å². The van der Waals surface area contributed by atoms with Gasteiger partial charge in [-0.1, -0.05) is 12.1 Å². The lowest BCUT2D eigenvalue weighted by Crippen LogP contribution is -2.41. The second-order valence-electron chi connectivity index (χ2n) is 9.05. The van der Waals surface area contributed by atoms with Crippen molar-refractivity contribution in [3.8, 4) is 0 Å². The Kier molecular flexibility index (Phi) is 5.42. The van der Waals surface area contributed by atoms with Gasteiger partial charge in [0.25, 0.3) is 11.5 Å². The molecule has 1 saturated heterocycles. The molecule has 0 bridgehead atoms. The lowest BCUT2D eigenvalue weighted by atomic mass is 9.80. The van der Waals surface area contributed by atoms with Crippen molar-refractivity contribution in [2.75, 3.05) is 0 Å². The maximum atomic E-state index is 13.2. The molecule has 3 aromatic rings. The van der Waals surface area contributed by atoms with Gasteiger partial charge in [0.1, 0.15) is 17.0 Å². The van der Waals surface area contributed by atoms with Crippen LogP contribution in [-0.2, 0) is 9.31 Å². The van der Waals surface area contributed by atoms with Crippen molar-refractivity contribution in [2.45, 2.75) is 51.9 Å². The molecule has 7 nitrogen and oxygen atoms in total. The molecule has 0 saturated carbocycles. The molecule has 9 heteroatoms. The number of aromatic nitrogens is 2. The lowest BCUT2D eigenvalue weighted by molar-refractivity contribution is 0.00578. The van der Waals surface area contributed by atoms with Crippen molar-refractivity contribution < 1.29 is 18.5 Å². The molecule has 1 aliphatic heterocycles. The summed E-state index contributed by atoms with van der Waals surface area (Å²) < 4.78 is 25.3. The Bertz CT molecular complexity index is 1220. The number of nitrogens with one attached hydrogen (secondary N) is 2. The summed E-state index contributed by atoms with van der Waals surface area (Å²) in [4.78, 5) is 32.3. The number of aromatic amines is 1. The Labute approximate surface area is 185 Å². The number of halogens is 1. The van der Waals surface area contributed by atoms with Gasteiger partial charge in [0.2, 0.25) is 0 Å². The number of carbonyl (C=O) groups is 1. The molecule has 0 aliphatic carbocycles. The van der Waals surface area contributed by atoms with Crippen LogP contribution in [0.25, 0.3) is 11.0 Å². The predicted octanol–water partition coefficient (Wildman–Crippen LogP) is 2.85. The SMILES string of the molecule is CC(NC(=O)c1cc2cc(B3OC(C)(C)C(C)(C)O3)cnc2[nH]c1=O)c1ccc(F)cc1. The molecule has 1 fully saturated rings. The third kappa shape index (κ3) is 4.05. The molecule has 2 aromatic heterocycles. The number of hydrogen-bond acceptors (Lipinski definition) is 5. The predicted molar refractivity (Wildman–Crippen MR) is 120 cm³/mol. The molecule has 1 amide bonds. The van der Waals surface area contributed by atoms with Crippen LogP contribution in [0.2, 0.25) is 0 Å². The Morgan fingerprint density at radius 3 is 2.38 bits per heavy atom. The number of pyridine rings is 2. The molecule has 166 valence electrons. The van der Waals surface area contributed by atoms with Gasteiger partial charge in [-0.15, -0.1) is 0 Å². The average Bonchev–Trinajstić information content (AvgIpc) is 2.94. The third-order valence-corrected chi connectivity index (χ3v) is 6.20. The second kappa shape index (κ2) is 7.83. The maximum Gasteiger partial charge on any atom is 0.496 e. The van der Waals surface area contributed by atoms with Gasteiger partial charge in [-0.2, -0.15) is 0 Å². The minimum Gasteiger partial charge on any atom is -0.399 e. The highest BCUT2D eigenvalue weighted by molar-refractivity contribution is 6.62. The van der Waals surface area contributed by atoms with E-state index in [0.717, 1.165) is 5.56 Å². The fourth-order valence-electron chi connectivity index (χ4n) is 3.50. The number of carbonyl (C=O) groups excluding carboxylic acids is 1. The van der Waals surface area contributed by atoms with Gasteiger partial charge < -0.3 is 19.6 Å². The molecule has 0 spiro atoms. The van der Waals surface area contributed by atoms with Gasteiger partial charge in [0.15, 0.2) is 0 Å². The van der Waals surface area contributed by atoms with E-state index < -0.39 is 35.8 Å². The summed E-state index contributed by atoms with van der Waals surface area (Å²) in [5.74, 6) is -0.894. The minimum atomic E-state index is -0.611. The van der Waals surface area contributed by atoms with Crippen LogP contribution in [0.4, 0.5) is 4.39 Å². The van der Waals surface area contributed by atoms with Crippen LogP contribution in [0.15, 0.2) is 47.4 Å². The standard InChI is InChI=1S/C23H25BFN3O4/c1-13(14-6-8-17(25)9-7-14)27-20(29)18-11-15-10-16(12-26-19(15)28-21(18)30)24-31-22(2,3)23(4,5)32-24/h6-13H,1-5H3,(H,27,29)(H,26,28,30). The first kappa shape index (κ1) is 22.2. The van der Waals surface area contributed by atoms with E-state index >= 15 is 0 Å². The fraction of sp³-hybridized carbons (Fsp3) is 0.348. The zero-order valence-corrected chi connectivity index (χ0v) is 18.7. The molecule has 4 rings (SSSR count). The van der Waals surface area contributed by atoms with Gasteiger partial charge in [-0.3, -0.25) is 9.59 Å². The van der Waals surface area contributed by atoms with Crippen molar-refractivity contribution in [1.29, 1.82) is 0 Å². The topological polar surface area (TPSA) is 93.3 Å². The van der Waals surface area contributed by atoms with Crippen LogP contribution >= 0.6 is 0 Å². The third-order valence-electron chi connectivity index (χ3n) is 6.20. The lowest BCUT2D eigenvalue weighted by Gasteiger charge is -2.32. The summed E-state index contributed by atoms with van der Waals surface area (Å²) in [6.45, 7) is 9.61. The molecule has 1 atom stereocenters. The number of amides is 1. The van der Waals surface area contributed by atoms with Crippen molar-refractivity contribution in [1.82, 2.24) is 15.3 Å². The highest BCUT2D eigenvalue weighted by Gasteiger charge is 2.51. The highest BCUT2D eigenvalue weighted by Crippen LogP contribution is 2.36.